The van der Waals surface area contributed by atoms with Gasteiger partial charge >= 0.3 is 5.97 Å². The smallest absolute Gasteiger partial charge is 0.305 e. The summed E-state index contributed by atoms with van der Waals surface area (Å²) in [6, 6.07) is 6.62. The lowest BCUT2D eigenvalue weighted by Crippen LogP contribution is -2.07. The molecule has 0 radical (unpaired) electrons. The normalized spacial score (nSPS) is 11.3. The van der Waals surface area contributed by atoms with Crippen LogP contribution in [0.3, 0.4) is 0 Å². The first kappa shape index (κ1) is 17.2. The molecule has 20 heavy (non-hydrogen) atoms. The maximum absolute atomic E-state index is 12.0. The van der Waals surface area contributed by atoms with E-state index < -0.39 is 9.84 Å². The van der Waals surface area contributed by atoms with Crippen molar-refractivity contribution in [3.8, 4) is 0 Å². The predicted octanol–water partition coefficient (Wildman–Crippen LogP) is 3.35. The molecule has 1 rings (SSSR count). The minimum absolute atomic E-state index is 0.109. The molecule has 0 fully saturated rings. The number of unbranched alkanes of at least 4 members (excludes halogenated alkanes) is 2. The molecule has 0 heterocycles. The van der Waals surface area contributed by atoms with Crippen LogP contribution in [0.1, 0.15) is 32.6 Å². The highest BCUT2D eigenvalue weighted by Gasteiger charge is 2.13. The predicted molar refractivity (Wildman–Crippen MR) is 81.3 cm³/mol. The molecule has 1 aromatic rings. The minimum Gasteiger partial charge on any atom is -0.466 e. The van der Waals surface area contributed by atoms with Crippen molar-refractivity contribution in [2.24, 2.45) is 0 Å². The number of ether oxygens (including phenoxy) is 1. The van der Waals surface area contributed by atoms with Crippen LogP contribution in [0.25, 0.3) is 0 Å². The van der Waals surface area contributed by atoms with Crippen LogP contribution in [0.2, 0.25) is 0 Å². The van der Waals surface area contributed by atoms with Crippen LogP contribution in [-0.4, -0.2) is 26.7 Å². The SMILES string of the molecule is CCOC(=O)CCCCCS(=O)(=O)c1ccc(Br)cc1. The molecular formula is C14H19BrO4S. The molecule has 0 aliphatic heterocycles. The summed E-state index contributed by atoms with van der Waals surface area (Å²) in [5.74, 6) is -0.111. The van der Waals surface area contributed by atoms with Crippen molar-refractivity contribution in [2.45, 2.75) is 37.5 Å². The van der Waals surface area contributed by atoms with Gasteiger partial charge in [0.1, 0.15) is 0 Å². The molecule has 0 spiro atoms. The Morgan fingerprint density at radius 3 is 2.40 bits per heavy atom. The van der Waals surface area contributed by atoms with Gasteiger partial charge in [-0.05, 0) is 44.0 Å². The molecule has 0 saturated carbocycles. The highest BCUT2D eigenvalue weighted by molar-refractivity contribution is 9.10. The second kappa shape index (κ2) is 8.42. The van der Waals surface area contributed by atoms with Crippen molar-refractivity contribution in [1.29, 1.82) is 0 Å². The lowest BCUT2D eigenvalue weighted by Gasteiger charge is -2.05. The van der Waals surface area contributed by atoms with E-state index in [0.29, 0.717) is 37.2 Å². The van der Waals surface area contributed by atoms with Crippen LogP contribution in [0.4, 0.5) is 0 Å². The first-order valence-corrected chi connectivity index (χ1v) is 9.04. The third-order valence-electron chi connectivity index (χ3n) is 2.77. The Kier molecular flexibility index (Phi) is 7.23. The zero-order valence-electron chi connectivity index (χ0n) is 11.5. The molecule has 0 N–H and O–H groups in total. The van der Waals surface area contributed by atoms with E-state index in [-0.39, 0.29) is 11.7 Å². The Hall–Kier alpha value is -0.880. The third kappa shape index (κ3) is 6.05. The number of benzene rings is 1. The third-order valence-corrected chi connectivity index (χ3v) is 5.12. The second-order valence-corrected chi connectivity index (χ2v) is 7.41. The van der Waals surface area contributed by atoms with E-state index in [9.17, 15) is 13.2 Å². The van der Waals surface area contributed by atoms with E-state index in [2.05, 4.69) is 15.9 Å². The maximum Gasteiger partial charge on any atom is 0.305 e. The van der Waals surface area contributed by atoms with Crippen LogP contribution in [0.5, 0.6) is 0 Å². The largest absolute Gasteiger partial charge is 0.466 e. The van der Waals surface area contributed by atoms with Gasteiger partial charge in [-0.25, -0.2) is 8.42 Å². The Balaban J connectivity index is 2.34. The summed E-state index contributed by atoms with van der Waals surface area (Å²) in [5.41, 5.74) is 0. The number of rotatable bonds is 8. The molecule has 0 unspecified atom stereocenters. The Morgan fingerprint density at radius 1 is 1.15 bits per heavy atom. The summed E-state index contributed by atoms with van der Waals surface area (Å²) < 4.78 is 29.7. The van der Waals surface area contributed by atoms with Gasteiger partial charge < -0.3 is 4.74 Å². The molecule has 0 atom stereocenters. The molecular weight excluding hydrogens is 344 g/mol. The van der Waals surface area contributed by atoms with Gasteiger partial charge in [0.05, 0.1) is 17.3 Å². The van der Waals surface area contributed by atoms with Crippen LogP contribution in [0, 0.1) is 0 Å². The van der Waals surface area contributed by atoms with Crippen molar-refractivity contribution < 1.29 is 17.9 Å². The van der Waals surface area contributed by atoms with Crippen molar-refractivity contribution in [1.82, 2.24) is 0 Å². The second-order valence-electron chi connectivity index (χ2n) is 4.39. The highest BCUT2D eigenvalue weighted by atomic mass is 79.9. The Bertz CT molecular complexity index is 523. The van der Waals surface area contributed by atoms with Crippen molar-refractivity contribution >= 4 is 31.7 Å². The maximum atomic E-state index is 12.0. The average molecular weight is 363 g/mol. The first-order chi connectivity index (χ1) is 9.45. The van der Waals surface area contributed by atoms with Crippen molar-refractivity contribution in [3.63, 3.8) is 0 Å². The number of halogens is 1. The number of hydrogen-bond donors (Lipinski definition) is 0. The molecule has 1 aromatic carbocycles. The van der Waals surface area contributed by atoms with Gasteiger partial charge in [-0.15, -0.1) is 0 Å². The fourth-order valence-corrected chi connectivity index (χ4v) is 3.37. The van der Waals surface area contributed by atoms with Gasteiger partial charge in [0.15, 0.2) is 9.84 Å². The monoisotopic (exact) mass is 362 g/mol. The standard InChI is InChI=1S/C14H19BrO4S/c1-2-19-14(16)6-4-3-5-11-20(17,18)13-9-7-12(15)8-10-13/h7-10H,2-6,11H2,1H3. The summed E-state index contributed by atoms with van der Waals surface area (Å²) in [7, 11) is -3.22. The Labute approximate surface area is 128 Å². The zero-order chi connectivity index (χ0) is 15.0. The van der Waals surface area contributed by atoms with Gasteiger partial charge in [0, 0.05) is 10.9 Å². The van der Waals surface area contributed by atoms with Gasteiger partial charge in [0.25, 0.3) is 0 Å². The van der Waals surface area contributed by atoms with Gasteiger partial charge in [-0.3, -0.25) is 4.79 Å². The number of carbonyl (C=O) groups excluding carboxylic acids is 1. The van der Waals surface area contributed by atoms with E-state index in [4.69, 9.17) is 4.74 Å². The van der Waals surface area contributed by atoms with E-state index in [1.807, 2.05) is 0 Å². The van der Waals surface area contributed by atoms with E-state index in [1.165, 1.54) is 0 Å². The molecule has 0 amide bonds. The molecule has 0 bridgehead atoms. The molecule has 0 saturated heterocycles. The van der Waals surface area contributed by atoms with Crippen molar-refractivity contribution in [3.05, 3.63) is 28.7 Å². The fraction of sp³-hybridized carbons (Fsp3) is 0.500. The van der Waals surface area contributed by atoms with Crippen LogP contribution in [0.15, 0.2) is 33.6 Å². The summed E-state index contributed by atoms with van der Waals surface area (Å²) in [4.78, 5) is 11.5. The molecule has 0 aliphatic carbocycles. The minimum atomic E-state index is -3.22. The Morgan fingerprint density at radius 2 is 1.80 bits per heavy atom. The van der Waals surface area contributed by atoms with Crippen LogP contribution >= 0.6 is 15.9 Å². The summed E-state index contributed by atoms with van der Waals surface area (Å²) in [6.07, 6.45) is 2.27. The molecule has 4 nitrogen and oxygen atoms in total. The van der Waals surface area contributed by atoms with Gasteiger partial charge in [-0.2, -0.15) is 0 Å². The summed E-state index contributed by atoms with van der Waals surface area (Å²) in [5, 5.41) is 0. The van der Waals surface area contributed by atoms with Crippen LogP contribution < -0.4 is 0 Å². The van der Waals surface area contributed by atoms with Crippen LogP contribution in [-0.2, 0) is 19.4 Å². The highest BCUT2D eigenvalue weighted by Crippen LogP contribution is 2.17. The van der Waals surface area contributed by atoms with E-state index in [1.54, 1.807) is 31.2 Å². The van der Waals surface area contributed by atoms with E-state index in [0.717, 1.165) is 4.47 Å². The van der Waals surface area contributed by atoms with Gasteiger partial charge in [0.2, 0.25) is 0 Å². The zero-order valence-corrected chi connectivity index (χ0v) is 13.9. The topological polar surface area (TPSA) is 60.4 Å². The number of sulfone groups is 1. The first-order valence-electron chi connectivity index (χ1n) is 6.59. The lowest BCUT2D eigenvalue weighted by molar-refractivity contribution is -0.143. The average Bonchev–Trinajstić information content (AvgIpc) is 2.39. The summed E-state index contributed by atoms with van der Waals surface area (Å²) in [6.45, 7) is 2.15. The number of hydrogen-bond acceptors (Lipinski definition) is 4. The number of carbonyl (C=O) groups is 1. The molecule has 0 aromatic heterocycles. The quantitative estimate of drug-likeness (QED) is 0.525. The number of esters is 1. The van der Waals surface area contributed by atoms with Crippen molar-refractivity contribution in [2.75, 3.05) is 12.4 Å². The summed E-state index contributed by atoms with van der Waals surface area (Å²) >= 11 is 3.27. The van der Waals surface area contributed by atoms with E-state index >= 15 is 0 Å². The molecule has 6 heteroatoms. The van der Waals surface area contributed by atoms with Gasteiger partial charge in [-0.1, -0.05) is 22.4 Å². The lowest BCUT2D eigenvalue weighted by atomic mass is 10.2. The molecule has 0 aliphatic rings. The molecule has 112 valence electrons. The fourth-order valence-electron chi connectivity index (χ4n) is 1.73.